The number of nitrogens with zero attached hydrogens (tertiary/aromatic N) is 2. The first kappa shape index (κ1) is 14.6. The zero-order valence-electron chi connectivity index (χ0n) is 10.5. The van der Waals surface area contributed by atoms with Gasteiger partial charge in [0.05, 0.1) is 0 Å². The summed E-state index contributed by atoms with van der Waals surface area (Å²) in [5, 5.41) is 3.33. The van der Waals surface area contributed by atoms with Crippen molar-refractivity contribution >= 4 is 29.9 Å². The maximum atomic E-state index is 5.26. The Hall–Kier alpha value is -0.440. The lowest BCUT2D eigenvalue weighted by Crippen LogP contribution is -2.42. The van der Waals surface area contributed by atoms with E-state index in [1.807, 2.05) is 0 Å². The highest BCUT2D eigenvalue weighted by atomic mass is 127. The van der Waals surface area contributed by atoms with Gasteiger partial charge in [0.1, 0.15) is 6.54 Å². The number of hydrogen-bond acceptors (Lipinski definition) is 1. The molecule has 1 aliphatic heterocycles. The monoisotopic (exact) mass is 347 g/mol. The molecule has 1 saturated heterocycles. The lowest BCUT2D eigenvalue weighted by molar-refractivity contribution is 0.151. The number of terminal acetylenes is 1. The highest BCUT2D eigenvalue weighted by Crippen LogP contribution is 2.47. The van der Waals surface area contributed by atoms with Crippen molar-refractivity contribution in [2.24, 2.45) is 10.4 Å². The van der Waals surface area contributed by atoms with Crippen molar-refractivity contribution in [2.75, 3.05) is 26.2 Å². The van der Waals surface area contributed by atoms with Crippen LogP contribution in [0.2, 0.25) is 0 Å². The molecule has 0 atom stereocenters. The minimum Gasteiger partial charge on any atom is -0.356 e. The first-order valence-corrected chi connectivity index (χ1v) is 6.26. The van der Waals surface area contributed by atoms with Gasteiger partial charge >= 0.3 is 0 Å². The molecule has 0 bridgehead atoms. The molecule has 0 amide bonds. The number of nitrogens with one attached hydrogen (secondary N) is 1. The summed E-state index contributed by atoms with van der Waals surface area (Å²) in [5.41, 5.74) is 0.617. The highest BCUT2D eigenvalue weighted by molar-refractivity contribution is 14.0. The molecule has 1 saturated carbocycles. The molecular formula is C13H22IN3. The van der Waals surface area contributed by atoms with Crippen LogP contribution in [0.15, 0.2) is 4.99 Å². The third kappa shape index (κ3) is 3.27. The molecule has 0 aromatic rings. The van der Waals surface area contributed by atoms with Crippen LogP contribution >= 0.6 is 24.0 Å². The Labute approximate surface area is 121 Å². The van der Waals surface area contributed by atoms with E-state index in [1.54, 1.807) is 0 Å². The third-order valence-corrected chi connectivity index (χ3v) is 3.81. The van der Waals surface area contributed by atoms with Crippen LogP contribution in [0.1, 0.15) is 32.6 Å². The van der Waals surface area contributed by atoms with Crippen LogP contribution in [0.3, 0.4) is 0 Å². The Kier molecular flexibility index (Phi) is 5.57. The second kappa shape index (κ2) is 6.48. The predicted molar refractivity (Wildman–Crippen MR) is 82.7 cm³/mol. The van der Waals surface area contributed by atoms with E-state index in [0.717, 1.165) is 19.0 Å². The average molecular weight is 347 g/mol. The van der Waals surface area contributed by atoms with Crippen molar-refractivity contribution in [3.63, 3.8) is 0 Å². The Morgan fingerprint density at radius 2 is 2.24 bits per heavy atom. The quantitative estimate of drug-likeness (QED) is 0.359. The summed E-state index contributed by atoms with van der Waals surface area (Å²) in [7, 11) is 0. The fourth-order valence-electron chi connectivity index (χ4n) is 2.75. The Bertz CT molecular complexity index is 315. The summed E-state index contributed by atoms with van der Waals surface area (Å²) in [6.45, 7) is 5.79. The molecule has 4 heteroatoms. The van der Waals surface area contributed by atoms with Gasteiger partial charge in [-0.2, -0.15) is 0 Å². The number of likely N-dealkylation sites (tertiary alicyclic amines) is 1. The second-order valence-electron chi connectivity index (χ2n) is 4.90. The van der Waals surface area contributed by atoms with E-state index >= 15 is 0 Å². The zero-order chi connectivity index (χ0) is 11.4. The maximum absolute atomic E-state index is 5.26. The van der Waals surface area contributed by atoms with E-state index in [4.69, 9.17) is 6.42 Å². The van der Waals surface area contributed by atoms with Gasteiger partial charge in [-0.05, 0) is 31.6 Å². The predicted octanol–water partition coefficient (Wildman–Crippen LogP) is 2.08. The average Bonchev–Trinajstić information content (AvgIpc) is 2.69. The van der Waals surface area contributed by atoms with Gasteiger partial charge in [0.15, 0.2) is 5.96 Å². The van der Waals surface area contributed by atoms with E-state index in [9.17, 15) is 0 Å². The summed E-state index contributed by atoms with van der Waals surface area (Å²) in [5.74, 6) is 3.58. The number of aliphatic imine (C=N–C) groups is 1. The molecule has 96 valence electrons. The molecule has 1 spiro atoms. The number of hydrogen-bond donors (Lipinski definition) is 1. The van der Waals surface area contributed by atoms with Crippen LogP contribution < -0.4 is 5.32 Å². The molecule has 0 radical (unpaired) electrons. The minimum absolute atomic E-state index is 0. The van der Waals surface area contributed by atoms with Crippen LogP contribution in [0.4, 0.5) is 0 Å². The van der Waals surface area contributed by atoms with Crippen molar-refractivity contribution in [3.8, 4) is 12.3 Å². The van der Waals surface area contributed by atoms with Crippen LogP contribution in [0.5, 0.6) is 0 Å². The van der Waals surface area contributed by atoms with Crippen LogP contribution in [0, 0.1) is 17.8 Å². The van der Waals surface area contributed by atoms with Crippen molar-refractivity contribution in [1.29, 1.82) is 0 Å². The Morgan fingerprint density at radius 1 is 1.47 bits per heavy atom. The summed E-state index contributed by atoms with van der Waals surface area (Å²) in [6, 6.07) is 0. The minimum atomic E-state index is 0. The molecule has 2 fully saturated rings. The SMILES string of the molecule is C#CCN=C(NCC)N1CCC2(CCC2)C1.I. The standard InChI is InChI=1S/C13H21N3.HI/c1-3-9-15-12(14-4-2)16-10-8-13(11-16)6-5-7-13;/h1H,4-11H2,2H3,(H,14,15);1H. The summed E-state index contributed by atoms with van der Waals surface area (Å²) in [6.07, 6.45) is 10.8. The van der Waals surface area contributed by atoms with Crippen molar-refractivity contribution in [1.82, 2.24) is 10.2 Å². The second-order valence-corrected chi connectivity index (χ2v) is 4.90. The highest BCUT2D eigenvalue weighted by Gasteiger charge is 2.43. The first-order valence-electron chi connectivity index (χ1n) is 6.26. The van der Waals surface area contributed by atoms with E-state index in [0.29, 0.717) is 12.0 Å². The molecule has 0 unspecified atom stereocenters. The van der Waals surface area contributed by atoms with Gasteiger partial charge in [0, 0.05) is 19.6 Å². The summed E-state index contributed by atoms with van der Waals surface area (Å²) >= 11 is 0. The van der Waals surface area contributed by atoms with E-state index in [1.165, 1.54) is 32.2 Å². The molecule has 2 aliphatic rings. The molecule has 3 nitrogen and oxygen atoms in total. The van der Waals surface area contributed by atoms with E-state index < -0.39 is 0 Å². The van der Waals surface area contributed by atoms with Gasteiger partial charge in [-0.15, -0.1) is 30.4 Å². The Morgan fingerprint density at radius 3 is 2.71 bits per heavy atom. The zero-order valence-corrected chi connectivity index (χ0v) is 12.9. The van der Waals surface area contributed by atoms with Crippen LogP contribution in [0.25, 0.3) is 0 Å². The molecule has 1 N–H and O–H groups in total. The van der Waals surface area contributed by atoms with Crippen LogP contribution in [-0.2, 0) is 0 Å². The topological polar surface area (TPSA) is 27.6 Å². The molecule has 1 heterocycles. The number of guanidine groups is 1. The van der Waals surface area contributed by atoms with Crippen molar-refractivity contribution in [2.45, 2.75) is 32.6 Å². The van der Waals surface area contributed by atoms with Gasteiger partial charge in [-0.1, -0.05) is 12.3 Å². The van der Waals surface area contributed by atoms with Gasteiger partial charge in [0.2, 0.25) is 0 Å². The molecule has 2 rings (SSSR count). The molecule has 1 aliphatic carbocycles. The fourth-order valence-corrected chi connectivity index (χ4v) is 2.75. The van der Waals surface area contributed by atoms with E-state index in [-0.39, 0.29) is 24.0 Å². The molecule has 0 aromatic heterocycles. The Balaban J connectivity index is 0.00000144. The van der Waals surface area contributed by atoms with Gasteiger partial charge < -0.3 is 10.2 Å². The molecular weight excluding hydrogens is 325 g/mol. The lowest BCUT2D eigenvalue weighted by atomic mass is 9.68. The van der Waals surface area contributed by atoms with Crippen molar-refractivity contribution in [3.05, 3.63) is 0 Å². The maximum Gasteiger partial charge on any atom is 0.194 e. The smallest absolute Gasteiger partial charge is 0.194 e. The fraction of sp³-hybridized carbons (Fsp3) is 0.769. The largest absolute Gasteiger partial charge is 0.356 e. The summed E-state index contributed by atoms with van der Waals surface area (Å²) < 4.78 is 0. The van der Waals surface area contributed by atoms with Gasteiger partial charge in [0.25, 0.3) is 0 Å². The van der Waals surface area contributed by atoms with Crippen molar-refractivity contribution < 1.29 is 0 Å². The van der Waals surface area contributed by atoms with Crippen LogP contribution in [-0.4, -0.2) is 37.0 Å². The summed E-state index contributed by atoms with van der Waals surface area (Å²) in [4.78, 5) is 6.81. The number of halogens is 1. The number of rotatable bonds is 2. The third-order valence-electron chi connectivity index (χ3n) is 3.81. The van der Waals surface area contributed by atoms with Gasteiger partial charge in [-0.25, -0.2) is 4.99 Å². The van der Waals surface area contributed by atoms with Gasteiger partial charge in [-0.3, -0.25) is 0 Å². The first-order chi connectivity index (χ1) is 7.79. The molecule has 17 heavy (non-hydrogen) atoms. The lowest BCUT2D eigenvalue weighted by Gasteiger charge is -2.38. The van der Waals surface area contributed by atoms with E-state index in [2.05, 4.69) is 28.1 Å². The normalized spacial score (nSPS) is 21.6. The molecule has 0 aromatic carbocycles.